The second kappa shape index (κ2) is 5.43. The van der Waals surface area contributed by atoms with Crippen LogP contribution >= 0.6 is 0 Å². The number of benzene rings is 1. The number of rotatable bonds is 2. The van der Waals surface area contributed by atoms with Gasteiger partial charge in [-0.15, -0.1) is 0 Å². The topological polar surface area (TPSA) is 30.0 Å². The third-order valence-corrected chi connectivity index (χ3v) is 2.87. The van der Waals surface area contributed by atoms with Gasteiger partial charge < -0.3 is 0 Å². The van der Waals surface area contributed by atoms with Crippen LogP contribution in [0.1, 0.15) is 21.6 Å². The molecule has 1 aromatic heterocycles. The molecule has 0 N–H and O–H groups in total. The Hall–Kier alpha value is -2.38. The Morgan fingerprint density at radius 1 is 0.909 bits per heavy atom. The van der Waals surface area contributed by atoms with Gasteiger partial charge in [0, 0.05) is 17.3 Å². The van der Waals surface area contributed by atoms with Gasteiger partial charge in [-0.25, -0.2) is 0 Å². The molecule has 0 atom stereocenters. The van der Waals surface area contributed by atoms with Crippen LogP contribution in [-0.2, 0) is 12.4 Å². The molecule has 0 aliphatic carbocycles. The van der Waals surface area contributed by atoms with Gasteiger partial charge in [0.1, 0.15) is 5.69 Å². The van der Waals surface area contributed by atoms with Crippen LogP contribution in [0.5, 0.6) is 0 Å². The summed E-state index contributed by atoms with van der Waals surface area (Å²) in [6, 6.07) is 4.16. The van der Waals surface area contributed by atoms with E-state index in [-0.39, 0.29) is 23.0 Å². The highest BCUT2D eigenvalue weighted by atomic mass is 19.4. The molecule has 0 bridgehead atoms. The first-order valence-corrected chi connectivity index (χ1v) is 5.83. The number of nitrogens with zero attached hydrogens (tertiary/aromatic N) is 1. The fourth-order valence-corrected chi connectivity index (χ4v) is 1.82. The van der Waals surface area contributed by atoms with Crippen molar-refractivity contribution in [1.29, 1.82) is 0 Å². The molecule has 0 unspecified atom stereocenters. The molecule has 0 radical (unpaired) electrons. The van der Waals surface area contributed by atoms with E-state index in [2.05, 4.69) is 4.98 Å². The number of hydrogen-bond donors (Lipinski definition) is 0. The first-order valence-electron chi connectivity index (χ1n) is 5.83. The van der Waals surface area contributed by atoms with E-state index in [9.17, 15) is 31.1 Å². The van der Waals surface area contributed by atoms with Crippen LogP contribution in [0.15, 0.2) is 36.5 Å². The predicted molar refractivity (Wildman–Crippen MR) is 65.1 cm³/mol. The van der Waals surface area contributed by atoms with Crippen molar-refractivity contribution in [2.75, 3.05) is 0 Å². The quantitative estimate of drug-likeness (QED) is 0.598. The zero-order valence-electron chi connectivity index (χ0n) is 10.7. The minimum Gasteiger partial charge on any atom is -0.298 e. The Labute approximate surface area is 120 Å². The molecule has 0 amide bonds. The summed E-state index contributed by atoms with van der Waals surface area (Å²) in [6.07, 6.45) is -8.17. The van der Waals surface area contributed by atoms with Crippen LogP contribution in [0.4, 0.5) is 26.3 Å². The van der Waals surface area contributed by atoms with Crippen LogP contribution in [0.3, 0.4) is 0 Å². The van der Waals surface area contributed by atoms with E-state index in [0.717, 1.165) is 24.4 Å². The van der Waals surface area contributed by atoms with E-state index >= 15 is 0 Å². The van der Waals surface area contributed by atoms with Gasteiger partial charge in [0.05, 0.1) is 5.56 Å². The number of alkyl halides is 6. The van der Waals surface area contributed by atoms with E-state index in [0.29, 0.717) is 12.1 Å². The van der Waals surface area contributed by atoms with Crippen LogP contribution in [0, 0.1) is 0 Å². The number of aldehydes is 1. The minimum absolute atomic E-state index is 0.0734. The first kappa shape index (κ1) is 16.0. The smallest absolute Gasteiger partial charge is 0.298 e. The molecule has 116 valence electrons. The van der Waals surface area contributed by atoms with E-state index in [1.807, 2.05) is 0 Å². The summed E-state index contributed by atoms with van der Waals surface area (Å²) in [7, 11) is 0. The monoisotopic (exact) mass is 319 g/mol. The Balaban J connectivity index is 2.47. The number of pyridine rings is 1. The van der Waals surface area contributed by atoms with Gasteiger partial charge in [0.2, 0.25) is 0 Å². The van der Waals surface area contributed by atoms with Crippen LogP contribution in [-0.4, -0.2) is 11.3 Å². The highest BCUT2D eigenvalue weighted by Gasteiger charge is 2.33. The fourth-order valence-electron chi connectivity index (χ4n) is 1.82. The molecule has 2 rings (SSSR count). The van der Waals surface area contributed by atoms with Crippen molar-refractivity contribution in [3.63, 3.8) is 0 Å². The van der Waals surface area contributed by atoms with Crippen molar-refractivity contribution < 1.29 is 31.1 Å². The zero-order chi connectivity index (χ0) is 16.5. The van der Waals surface area contributed by atoms with Crippen molar-refractivity contribution in [1.82, 2.24) is 4.98 Å². The van der Waals surface area contributed by atoms with Crippen LogP contribution in [0.2, 0.25) is 0 Å². The number of halogens is 6. The SMILES string of the molecule is O=Cc1cc(C(F)(F)F)ccc1-c1ccc(C(F)(F)F)nc1. The summed E-state index contributed by atoms with van der Waals surface area (Å²) in [6.45, 7) is 0. The van der Waals surface area contributed by atoms with Crippen LogP contribution < -0.4 is 0 Å². The Morgan fingerprint density at radius 3 is 2.05 bits per heavy atom. The molecule has 1 aromatic carbocycles. The van der Waals surface area contributed by atoms with Crippen molar-refractivity contribution in [3.8, 4) is 11.1 Å². The second-order valence-electron chi connectivity index (χ2n) is 4.35. The molecule has 8 heteroatoms. The maximum atomic E-state index is 12.6. The van der Waals surface area contributed by atoms with Gasteiger partial charge >= 0.3 is 12.4 Å². The zero-order valence-corrected chi connectivity index (χ0v) is 10.7. The summed E-state index contributed by atoms with van der Waals surface area (Å²) in [5.41, 5.74) is -2.24. The largest absolute Gasteiger partial charge is 0.433 e. The highest BCUT2D eigenvalue weighted by Crippen LogP contribution is 2.33. The van der Waals surface area contributed by atoms with Gasteiger partial charge in [-0.3, -0.25) is 9.78 Å². The molecule has 0 fully saturated rings. The van der Waals surface area contributed by atoms with E-state index in [1.54, 1.807) is 0 Å². The number of aromatic nitrogens is 1. The third-order valence-electron chi connectivity index (χ3n) is 2.87. The fraction of sp³-hybridized carbons (Fsp3) is 0.143. The molecule has 2 nitrogen and oxygen atoms in total. The summed E-state index contributed by atoms with van der Waals surface area (Å²) < 4.78 is 74.9. The highest BCUT2D eigenvalue weighted by molar-refractivity contribution is 5.87. The van der Waals surface area contributed by atoms with E-state index in [4.69, 9.17) is 0 Å². The lowest BCUT2D eigenvalue weighted by atomic mass is 9.99. The number of hydrogen-bond acceptors (Lipinski definition) is 2. The normalized spacial score (nSPS) is 12.3. The Morgan fingerprint density at radius 2 is 1.59 bits per heavy atom. The Bertz CT molecular complexity index is 688. The average molecular weight is 319 g/mol. The van der Waals surface area contributed by atoms with Crippen molar-refractivity contribution in [3.05, 3.63) is 53.3 Å². The molecular weight excluding hydrogens is 312 g/mol. The van der Waals surface area contributed by atoms with Gasteiger partial charge in [-0.2, -0.15) is 26.3 Å². The molecule has 0 aliphatic heterocycles. The molecule has 0 saturated carbocycles. The molecule has 22 heavy (non-hydrogen) atoms. The number of carbonyl (C=O) groups excluding carboxylic acids is 1. The number of carbonyl (C=O) groups is 1. The standard InChI is InChI=1S/C14H7F6NO/c15-13(16,17)10-2-3-11(9(5-10)7-22)8-1-4-12(21-6-8)14(18,19)20/h1-7H. The molecule has 0 aliphatic rings. The summed E-state index contributed by atoms with van der Waals surface area (Å²) in [5.74, 6) is 0. The maximum absolute atomic E-state index is 12.6. The van der Waals surface area contributed by atoms with Crippen LogP contribution in [0.25, 0.3) is 11.1 Å². The van der Waals surface area contributed by atoms with Crippen molar-refractivity contribution in [2.45, 2.75) is 12.4 Å². The van der Waals surface area contributed by atoms with Gasteiger partial charge in [-0.1, -0.05) is 12.1 Å². The Kier molecular flexibility index (Phi) is 3.95. The molecule has 0 spiro atoms. The van der Waals surface area contributed by atoms with Gasteiger partial charge in [0.15, 0.2) is 6.29 Å². The lowest BCUT2D eigenvalue weighted by molar-refractivity contribution is -0.141. The molecular formula is C14H7F6NO. The first-order chi connectivity index (χ1) is 10.1. The predicted octanol–water partition coefficient (Wildman–Crippen LogP) is 4.60. The van der Waals surface area contributed by atoms with Crippen molar-refractivity contribution >= 4 is 6.29 Å². The lowest BCUT2D eigenvalue weighted by Crippen LogP contribution is -2.08. The third kappa shape index (κ3) is 3.26. The van der Waals surface area contributed by atoms with E-state index in [1.165, 1.54) is 0 Å². The average Bonchev–Trinajstić information content (AvgIpc) is 2.45. The lowest BCUT2D eigenvalue weighted by Gasteiger charge is -2.11. The maximum Gasteiger partial charge on any atom is 0.433 e. The van der Waals surface area contributed by atoms with Gasteiger partial charge in [-0.05, 0) is 23.8 Å². The van der Waals surface area contributed by atoms with Crippen molar-refractivity contribution in [2.24, 2.45) is 0 Å². The molecule has 0 saturated heterocycles. The minimum atomic E-state index is -4.62. The molecule has 1 heterocycles. The summed E-state index contributed by atoms with van der Waals surface area (Å²) >= 11 is 0. The van der Waals surface area contributed by atoms with E-state index < -0.39 is 23.6 Å². The van der Waals surface area contributed by atoms with Gasteiger partial charge in [0.25, 0.3) is 0 Å². The summed E-state index contributed by atoms with van der Waals surface area (Å²) in [4.78, 5) is 14.1. The summed E-state index contributed by atoms with van der Waals surface area (Å²) in [5, 5.41) is 0. The molecule has 2 aromatic rings. The second-order valence-corrected chi connectivity index (χ2v) is 4.35.